The fourth-order valence-electron chi connectivity index (χ4n) is 1.04. The molecule has 98 valence electrons. The van der Waals surface area contributed by atoms with Gasteiger partial charge in [-0.1, -0.05) is 22.0 Å². The maximum atomic E-state index is 8.88. The van der Waals surface area contributed by atoms with Crippen LogP contribution < -0.4 is 0 Å². The Labute approximate surface area is 112 Å². The van der Waals surface area contributed by atoms with Crippen LogP contribution in [-0.2, 0) is 9.90 Å². The van der Waals surface area contributed by atoms with Crippen LogP contribution in [0.4, 0.5) is 0 Å². The number of pyridine rings is 1. The van der Waals surface area contributed by atoms with Crippen LogP contribution in [-0.4, -0.2) is 29.2 Å². The van der Waals surface area contributed by atoms with Gasteiger partial charge < -0.3 is 14.7 Å². The molecule has 0 saturated heterocycles. The molecule has 0 aliphatic heterocycles. The van der Waals surface area contributed by atoms with Crippen LogP contribution in [0.15, 0.2) is 37.1 Å². The van der Waals surface area contributed by atoms with Crippen molar-refractivity contribution < 1.29 is 19.2 Å². The topological polar surface area (TPSA) is 108 Å². The third-order valence-corrected chi connectivity index (χ3v) is 2.38. The van der Waals surface area contributed by atoms with Gasteiger partial charge in [0.2, 0.25) is 0 Å². The lowest BCUT2D eigenvalue weighted by atomic mass is 10.3. The molecule has 0 aromatic carbocycles. The molecule has 0 atom stereocenters. The predicted molar refractivity (Wildman–Crippen MR) is 68.3 cm³/mol. The number of nitrogens with zero attached hydrogens (tertiary/aromatic N) is 3. The molecule has 0 spiro atoms. The molecule has 3 N–H and O–H groups in total. The summed E-state index contributed by atoms with van der Waals surface area (Å²) in [6.07, 6.45) is 7.19. The molecule has 0 aliphatic carbocycles. The Hall–Kier alpha value is -1.05. The Kier molecular flexibility index (Phi) is 5.64. The van der Waals surface area contributed by atoms with Crippen LogP contribution >= 0.6 is 23.8 Å². The van der Waals surface area contributed by atoms with Gasteiger partial charge in [-0.2, -0.15) is 0 Å². The zero-order valence-electron chi connectivity index (χ0n) is 9.09. The van der Waals surface area contributed by atoms with E-state index in [1.54, 1.807) is 12.5 Å². The molecule has 7 nitrogen and oxygen atoms in total. The molecule has 0 fully saturated rings. The van der Waals surface area contributed by atoms with E-state index in [2.05, 4.69) is 25.9 Å². The summed E-state index contributed by atoms with van der Waals surface area (Å²) in [6.45, 7) is 0. The average molecular weight is 336 g/mol. The van der Waals surface area contributed by atoms with Gasteiger partial charge in [-0.15, -0.1) is 0 Å². The zero-order chi connectivity index (χ0) is 13.6. The number of aromatic nitrogens is 3. The van der Waals surface area contributed by atoms with Gasteiger partial charge in [0.1, 0.15) is 12.1 Å². The second-order valence-electron chi connectivity index (χ2n) is 3.14. The molecule has 2 heterocycles. The fraction of sp³-hybridized carbons (Fsp3) is 0.111. The number of hydrogen-bond donors (Lipinski definition) is 3. The molecule has 0 radical (unpaired) electrons. The molecule has 18 heavy (non-hydrogen) atoms. The van der Waals surface area contributed by atoms with Gasteiger partial charge in [0.05, 0.1) is 0 Å². The Balaban J connectivity index is 0.000000280. The summed E-state index contributed by atoms with van der Waals surface area (Å²) in [5.41, 5.74) is 1.17. The second-order valence-corrected chi connectivity index (χ2v) is 4.73. The van der Waals surface area contributed by atoms with Crippen LogP contribution in [0.25, 0.3) is 5.82 Å². The lowest BCUT2D eigenvalue weighted by Gasteiger charge is -2.00. The highest BCUT2D eigenvalue weighted by Gasteiger charge is 2.00. The minimum atomic E-state index is -4.64. The van der Waals surface area contributed by atoms with Crippen molar-refractivity contribution in [2.75, 3.05) is 0 Å². The van der Waals surface area contributed by atoms with Gasteiger partial charge in [-0.3, -0.25) is 4.57 Å². The van der Waals surface area contributed by atoms with E-state index in [0.717, 1.165) is 11.1 Å². The normalized spacial score (nSPS) is 10.7. The summed E-state index contributed by atoms with van der Waals surface area (Å²) >= 11 is 3.37. The number of hydrogen-bond acceptors (Lipinski definition) is 3. The van der Waals surface area contributed by atoms with Crippen molar-refractivity contribution in [3.63, 3.8) is 0 Å². The van der Waals surface area contributed by atoms with E-state index in [1.165, 1.54) is 5.56 Å². The quantitative estimate of drug-likeness (QED) is 0.562. The van der Waals surface area contributed by atoms with Gasteiger partial charge in [0, 0.05) is 23.9 Å². The summed E-state index contributed by atoms with van der Waals surface area (Å²) in [5, 5.41) is 0.838. The van der Waals surface area contributed by atoms with Crippen molar-refractivity contribution in [1.82, 2.24) is 14.5 Å². The molecule has 2 aromatic heterocycles. The molecule has 9 heteroatoms. The van der Waals surface area contributed by atoms with Crippen molar-refractivity contribution in [2.24, 2.45) is 0 Å². The van der Waals surface area contributed by atoms with E-state index in [0.29, 0.717) is 0 Å². The summed E-state index contributed by atoms with van der Waals surface area (Å²) < 4.78 is 10.8. The summed E-state index contributed by atoms with van der Waals surface area (Å²) in [4.78, 5) is 29.8. The lowest BCUT2D eigenvalue weighted by molar-refractivity contribution is 0.275. The molecular weight excluding hydrogens is 325 g/mol. The first-order valence-electron chi connectivity index (χ1n) is 4.67. The number of alkyl halides is 1. The van der Waals surface area contributed by atoms with Crippen molar-refractivity contribution in [3.8, 4) is 5.82 Å². The predicted octanol–water partition coefficient (Wildman–Crippen LogP) is 1.23. The summed E-state index contributed by atoms with van der Waals surface area (Å²) in [5.74, 6) is 0.891. The SMILES string of the molecule is BrCc1ccc(-n2ccnc2)nc1.O=P(O)(O)O. The standard InChI is InChI=1S/C9H8BrN3.H3O4P/c10-5-8-1-2-9(12-6-8)13-4-3-11-7-13;1-5(2,3)4/h1-4,6-7H,5H2;(H3,1,2,3,4). The maximum Gasteiger partial charge on any atom is 0.466 e. The number of rotatable bonds is 2. The van der Waals surface area contributed by atoms with Crippen molar-refractivity contribution in [2.45, 2.75) is 5.33 Å². The van der Waals surface area contributed by atoms with E-state index in [4.69, 9.17) is 19.2 Å². The van der Waals surface area contributed by atoms with E-state index >= 15 is 0 Å². The average Bonchev–Trinajstić information content (AvgIpc) is 2.80. The van der Waals surface area contributed by atoms with Crippen molar-refractivity contribution >= 4 is 23.8 Å². The Morgan fingerprint density at radius 1 is 1.33 bits per heavy atom. The minimum absolute atomic E-state index is 0.838. The van der Waals surface area contributed by atoms with Gasteiger partial charge in [-0.25, -0.2) is 14.5 Å². The van der Waals surface area contributed by atoms with E-state index in [-0.39, 0.29) is 0 Å². The Bertz CT molecular complexity index is 503. The van der Waals surface area contributed by atoms with Crippen LogP contribution in [0.2, 0.25) is 0 Å². The Morgan fingerprint density at radius 3 is 2.39 bits per heavy atom. The first-order valence-corrected chi connectivity index (χ1v) is 7.36. The van der Waals surface area contributed by atoms with Crippen LogP contribution in [0, 0.1) is 0 Å². The van der Waals surface area contributed by atoms with Crippen molar-refractivity contribution in [3.05, 3.63) is 42.6 Å². The number of imidazole rings is 1. The Morgan fingerprint density at radius 2 is 2.00 bits per heavy atom. The van der Waals surface area contributed by atoms with Crippen LogP contribution in [0.1, 0.15) is 5.56 Å². The lowest BCUT2D eigenvalue weighted by Crippen LogP contribution is -1.93. The van der Waals surface area contributed by atoms with Gasteiger partial charge >= 0.3 is 7.82 Å². The molecule has 0 bridgehead atoms. The van der Waals surface area contributed by atoms with Gasteiger partial charge in [-0.05, 0) is 11.6 Å². The highest BCUT2D eigenvalue weighted by atomic mass is 79.9. The maximum absolute atomic E-state index is 8.88. The minimum Gasteiger partial charge on any atom is -0.303 e. The van der Waals surface area contributed by atoms with E-state index < -0.39 is 7.82 Å². The largest absolute Gasteiger partial charge is 0.466 e. The second kappa shape index (κ2) is 6.77. The molecule has 2 rings (SSSR count). The third-order valence-electron chi connectivity index (χ3n) is 1.73. The van der Waals surface area contributed by atoms with Crippen LogP contribution in [0.5, 0.6) is 0 Å². The highest BCUT2D eigenvalue weighted by molar-refractivity contribution is 9.08. The number of halogens is 1. The van der Waals surface area contributed by atoms with E-state index in [1.807, 2.05) is 29.1 Å². The first-order chi connectivity index (χ1) is 8.40. The van der Waals surface area contributed by atoms with E-state index in [9.17, 15) is 0 Å². The fourth-order valence-corrected chi connectivity index (χ4v) is 1.37. The van der Waals surface area contributed by atoms with Gasteiger partial charge in [0.15, 0.2) is 0 Å². The smallest absolute Gasteiger partial charge is 0.303 e. The molecule has 0 saturated carbocycles. The highest BCUT2D eigenvalue weighted by Crippen LogP contribution is 2.25. The summed E-state index contributed by atoms with van der Waals surface area (Å²) in [7, 11) is -4.64. The summed E-state index contributed by atoms with van der Waals surface area (Å²) in [6, 6.07) is 4.01. The molecule has 0 amide bonds. The first kappa shape index (κ1) is 15.0. The molecule has 0 aliphatic rings. The van der Waals surface area contributed by atoms with Crippen LogP contribution in [0.3, 0.4) is 0 Å². The molecular formula is C9H11BrN3O4P. The monoisotopic (exact) mass is 335 g/mol. The third kappa shape index (κ3) is 6.04. The molecule has 2 aromatic rings. The molecule has 0 unspecified atom stereocenters. The van der Waals surface area contributed by atoms with Crippen molar-refractivity contribution in [1.29, 1.82) is 0 Å². The van der Waals surface area contributed by atoms with Gasteiger partial charge in [0.25, 0.3) is 0 Å². The number of phosphoric acid groups is 1. The zero-order valence-corrected chi connectivity index (χ0v) is 11.6.